The van der Waals surface area contributed by atoms with E-state index in [2.05, 4.69) is 79.7 Å². The van der Waals surface area contributed by atoms with Gasteiger partial charge < -0.3 is 22.1 Å². The molecule has 0 fully saturated rings. The van der Waals surface area contributed by atoms with Crippen molar-refractivity contribution in [2.75, 3.05) is 19.0 Å². The molecular weight excluding hydrogens is 705 g/mol. The van der Waals surface area contributed by atoms with E-state index < -0.39 is 0 Å². The summed E-state index contributed by atoms with van der Waals surface area (Å²) in [6.45, 7) is 3.72. The van der Waals surface area contributed by atoms with E-state index in [0.29, 0.717) is 0 Å². The predicted octanol–water partition coefficient (Wildman–Crippen LogP) is 11.1. The topological polar surface area (TPSA) is 18.5 Å². The normalized spacial score (nSPS) is 11.1. The van der Waals surface area contributed by atoms with Crippen molar-refractivity contribution in [3.8, 4) is 22.6 Å². The van der Waals surface area contributed by atoms with Crippen LogP contribution in [0.15, 0.2) is 72.8 Å². The minimum Gasteiger partial charge on any atom is -0.793 e. The van der Waals surface area contributed by atoms with Crippen LogP contribution < -0.4 is 9.47 Å². The molecule has 0 heterocycles. The molecule has 0 radical (unpaired) electrons. The monoisotopic (exact) mass is 752 g/mol. The second-order valence-corrected chi connectivity index (χ2v) is 11.4. The fourth-order valence-corrected chi connectivity index (χ4v) is 5.80. The number of fused-ring (bicyclic) bond motifs is 2. The van der Waals surface area contributed by atoms with Gasteiger partial charge in [0.1, 0.15) is 11.5 Å². The number of rotatable bonds is 19. The van der Waals surface area contributed by atoms with Crippen LogP contribution in [0.3, 0.4) is 0 Å². The SMILES string of the molecule is CCCCCCOc1ccc2ccccc2c1-c1c(OCCCCCCCCCCC[S-])ccc2ccccc12.[Au+]. The zero-order valence-electron chi connectivity index (χ0n) is 24.8. The quantitative estimate of drug-likeness (QED) is 0.0540. The van der Waals surface area contributed by atoms with Crippen molar-refractivity contribution in [1.82, 2.24) is 0 Å². The summed E-state index contributed by atoms with van der Waals surface area (Å²) in [4.78, 5) is 0. The Balaban J connectivity index is 0.00000462. The fourth-order valence-electron chi connectivity index (χ4n) is 5.59. The molecule has 0 unspecified atom stereocenters. The molecule has 4 heteroatoms. The molecule has 2 nitrogen and oxygen atoms in total. The van der Waals surface area contributed by atoms with Crippen LogP contribution in [0.1, 0.15) is 90.4 Å². The molecule has 4 aromatic rings. The Morgan fingerprint density at radius 2 is 0.902 bits per heavy atom. The third kappa shape index (κ3) is 10.1. The number of ether oxygens (including phenoxy) is 2. The van der Waals surface area contributed by atoms with E-state index in [1.165, 1.54) is 92.2 Å². The van der Waals surface area contributed by atoms with Gasteiger partial charge in [-0.25, -0.2) is 0 Å². The Labute approximate surface area is 269 Å². The number of benzene rings is 4. The molecular formula is C37H47AuO2S. The molecule has 0 atom stereocenters. The molecule has 0 saturated heterocycles. The second kappa shape index (κ2) is 19.3. The zero-order valence-corrected chi connectivity index (χ0v) is 27.8. The maximum Gasteiger partial charge on any atom is 1.00 e. The van der Waals surface area contributed by atoms with Gasteiger partial charge in [0.05, 0.1) is 13.2 Å². The molecule has 0 bridgehead atoms. The van der Waals surface area contributed by atoms with Gasteiger partial charge in [-0.2, -0.15) is 5.75 Å². The molecule has 0 aliphatic heterocycles. The van der Waals surface area contributed by atoms with Gasteiger partial charge in [0, 0.05) is 11.1 Å². The molecule has 224 valence electrons. The van der Waals surface area contributed by atoms with Crippen LogP contribution >= 0.6 is 0 Å². The van der Waals surface area contributed by atoms with Gasteiger partial charge in [-0.1, -0.05) is 138 Å². The Morgan fingerprint density at radius 1 is 0.488 bits per heavy atom. The minimum absolute atomic E-state index is 0. The van der Waals surface area contributed by atoms with Crippen LogP contribution in [0.4, 0.5) is 0 Å². The molecule has 0 amide bonds. The van der Waals surface area contributed by atoms with Gasteiger partial charge in [0.15, 0.2) is 0 Å². The third-order valence-corrected chi connectivity index (χ3v) is 8.12. The fraction of sp³-hybridized carbons (Fsp3) is 0.459. The van der Waals surface area contributed by atoms with Crippen LogP contribution in [0.5, 0.6) is 11.5 Å². The maximum absolute atomic E-state index is 6.57. The van der Waals surface area contributed by atoms with Crippen molar-refractivity contribution in [2.45, 2.75) is 90.4 Å². The molecule has 4 aromatic carbocycles. The molecule has 0 N–H and O–H groups in total. The molecule has 0 saturated carbocycles. The summed E-state index contributed by atoms with van der Waals surface area (Å²) in [7, 11) is 0. The van der Waals surface area contributed by atoms with Gasteiger partial charge in [-0.3, -0.25) is 0 Å². The summed E-state index contributed by atoms with van der Waals surface area (Å²) in [5.74, 6) is 2.81. The summed E-state index contributed by atoms with van der Waals surface area (Å²) in [6, 6.07) is 26.0. The van der Waals surface area contributed by atoms with E-state index in [0.717, 1.165) is 54.4 Å². The molecule has 0 aliphatic rings. The average Bonchev–Trinajstić information content (AvgIpc) is 2.99. The summed E-state index contributed by atoms with van der Waals surface area (Å²) in [6.07, 6.45) is 16.2. The molecule has 0 spiro atoms. The first kappa shape index (κ1) is 33.6. The first-order valence-electron chi connectivity index (χ1n) is 15.7. The smallest absolute Gasteiger partial charge is 0.793 e. The largest absolute Gasteiger partial charge is 1.00 e. The van der Waals surface area contributed by atoms with Gasteiger partial charge in [-0.05, 0) is 46.5 Å². The average molecular weight is 753 g/mol. The van der Waals surface area contributed by atoms with Crippen molar-refractivity contribution in [1.29, 1.82) is 0 Å². The van der Waals surface area contributed by atoms with Crippen LogP contribution in [0, 0.1) is 0 Å². The predicted molar refractivity (Wildman–Crippen MR) is 176 cm³/mol. The van der Waals surface area contributed by atoms with E-state index >= 15 is 0 Å². The first-order valence-corrected chi connectivity index (χ1v) is 16.3. The Morgan fingerprint density at radius 3 is 1.37 bits per heavy atom. The first-order chi connectivity index (χ1) is 19.8. The Bertz CT molecular complexity index is 1300. The van der Waals surface area contributed by atoms with Crippen molar-refractivity contribution >= 4 is 34.2 Å². The van der Waals surface area contributed by atoms with Gasteiger partial charge in [0.2, 0.25) is 0 Å². The minimum atomic E-state index is 0. The summed E-state index contributed by atoms with van der Waals surface area (Å²) < 4.78 is 13.1. The van der Waals surface area contributed by atoms with Crippen LogP contribution in [0.2, 0.25) is 0 Å². The van der Waals surface area contributed by atoms with Crippen LogP contribution in [-0.4, -0.2) is 19.0 Å². The molecule has 4 rings (SSSR count). The molecule has 41 heavy (non-hydrogen) atoms. The number of hydrogen-bond acceptors (Lipinski definition) is 3. The standard InChI is InChI=1S/C37H48O2S.Au/c1-2-3-4-16-27-38-34-25-23-30-19-12-14-21-32(30)36(34)37-33-22-15-13-20-31(33)24-26-35(37)39-28-17-10-8-6-5-7-9-11-18-29-40;/h12-15,19-26,40H,2-11,16-18,27-29H2,1H3;/q;+1/p-1. The Hall–Kier alpha value is -1.91. The van der Waals surface area contributed by atoms with Crippen molar-refractivity contribution < 1.29 is 31.9 Å². The summed E-state index contributed by atoms with van der Waals surface area (Å²) in [5, 5.41) is 4.86. The van der Waals surface area contributed by atoms with E-state index in [1.54, 1.807) is 0 Å². The van der Waals surface area contributed by atoms with E-state index in [1.807, 2.05) is 0 Å². The van der Waals surface area contributed by atoms with Crippen molar-refractivity contribution in [3.05, 3.63) is 72.8 Å². The summed E-state index contributed by atoms with van der Waals surface area (Å²) >= 11 is 5.04. The van der Waals surface area contributed by atoms with Crippen LogP contribution in [0.25, 0.3) is 32.7 Å². The number of hydrogen-bond donors (Lipinski definition) is 0. The molecule has 0 aromatic heterocycles. The van der Waals surface area contributed by atoms with Crippen molar-refractivity contribution in [3.63, 3.8) is 0 Å². The molecule has 0 aliphatic carbocycles. The maximum atomic E-state index is 6.57. The van der Waals surface area contributed by atoms with Gasteiger partial charge >= 0.3 is 22.4 Å². The third-order valence-electron chi connectivity index (χ3n) is 7.83. The van der Waals surface area contributed by atoms with Gasteiger partial charge in [0.25, 0.3) is 0 Å². The second-order valence-electron chi connectivity index (χ2n) is 11.0. The van der Waals surface area contributed by atoms with E-state index in [9.17, 15) is 0 Å². The van der Waals surface area contributed by atoms with Crippen molar-refractivity contribution in [2.24, 2.45) is 0 Å². The summed E-state index contributed by atoms with van der Waals surface area (Å²) in [5.41, 5.74) is 2.30. The number of unbranched alkanes of at least 4 members (excludes halogenated alkanes) is 11. The zero-order chi connectivity index (χ0) is 27.8. The van der Waals surface area contributed by atoms with Crippen LogP contribution in [-0.2, 0) is 35.0 Å². The van der Waals surface area contributed by atoms with E-state index in [-0.39, 0.29) is 22.4 Å². The van der Waals surface area contributed by atoms with E-state index in [4.69, 9.17) is 22.1 Å². The Kier molecular flexibility index (Phi) is 15.8. The van der Waals surface area contributed by atoms with Gasteiger partial charge in [-0.15, -0.1) is 0 Å².